The summed E-state index contributed by atoms with van der Waals surface area (Å²) in [5.41, 5.74) is -3.13. The van der Waals surface area contributed by atoms with Crippen LogP contribution in [-0.2, 0) is 6.18 Å². The Labute approximate surface area is 137 Å². The van der Waals surface area contributed by atoms with E-state index in [0.29, 0.717) is 16.3 Å². The van der Waals surface area contributed by atoms with Crippen molar-refractivity contribution in [1.82, 2.24) is 9.55 Å². The molecule has 0 aliphatic carbocycles. The predicted molar refractivity (Wildman–Crippen MR) is 84.9 cm³/mol. The van der Waals surface area contributed by atoms with Crippen LogP contribution in [0.5, 0.6) is 5.88 Å². The van der Waals surface area contributed by atoms with Crippen LogP contribution in [0.15, 0.2) is 56.7 Å². The molecular formula is C16H10F3N3O3. The number of nitrogens with one attached hydrogen (secondary N) is 1. The lowest BCUT2D eigenvalue weighted by molar-refractivity contribution is -0.137. The number of benzene rings is 1. The van der Waals surface area contributed by atoms with Gasteiger partial charge in [0.1, 0.15) is 5.56 Å². The molecule has 0 amide bonds. The maximum absolute atomic E-state index is 12.9. The van der Waals surface area contributed by atoms with Crippen molar-refractivity contribution in [2.75, 3.05) is 0 Å². The first kappa shape index (κ1) is 16.5. The highest BCUT2D eigenvalue weighted by molar-refractivity contribution is 5.79. The number of nitrogens with zero attached hydrogens (tertiary/aromatic N) is 2. The van der Waals surface area contributed by atoms with Crippen LogP contribution in [0.2, 0.25) is 0 Å². The molecule has 0 radical (unpaired) electrons. The van der Waals surface area contributed by atoms with Crippen LogP contribution in [0.1, 0.15) is 11.1 Å². The van der Waals surface area contributed by atoms with E-state index in [1.54, 1.807) is 12.2 Å². The lowest BCUT2D eigenvalue weighted by atomic mass is 10.2. The van der Waals surface area contributed by atoms with Gasteiger partial charge in [-0.2, -0.15) is 13.2 Å². The summed E-state index contributed by atoms with van der Waals surface area (Å²) in [6.07, 6.45) is 1.21. The number of alkyl halides is 3. The molecule has 0 fully saturated rings. The van der Waals surface area contributed by atoms with E-state index in [2.05, 4.69) is 4.99 Å². The van der Waals surface area contributed by atoms with Crippen LogP contribution in [0.25, 0.3) is 11.8 Å². The topological polar surface area (TPSA) is 87.5 Å². The molecule has 2 heterocycles. The highest BCUT2D eigenvalue weighted by Crippen LogP contribution is 2.31. The molecule has 2 N–H and O–H groups in total. The third kappa shape index (κ3) is 3.16. The van der Waals surface area contributed by atoms with Gasteiger partial charge in [-0.15, -0.1) is 0 Å². The Kier molecular flexibility index (Phi) is 3.91. The number of hydrogen-bond donors (Lipinski definition) is 2. The zero-order chi connectivity index (χ0) is 18.2. The van der Waals surface area contributed by atoms with Gasteiger partial charge in [0.15, 0.2) is 0 Å². The average Bonchev–Trinajstić information content (AvgIpc) is 3.04. The highest BCUT2D eigenvalue weighted by atomic mass is 19.4. The Morgan fingerprint density at radius 3 is 2.64 bits per heavy atom. The molecule has 0 bridgehead atoms. The van der Waals surface area contributed by atoms with Gasteiger partial charge >= 0.3 is 11.9 Å². The lowest BCUT2D eigenvalue weighted by Gasteiger charge is -2.12. The number of allylic oxidation sites excluding steroid dienone is 2. The number of H-pyrrole nitrogens is 1. The number of rotatable bonds is 2. The van der Waals surface area contributed by atoms with Crippen LogP contribution in [0.3, 0.4) is 0 Å². The van der Waals surface area contributed by atoms with Crippen LogP contribution < -0.4 is 11.2 Å². The molecule has 1 aliphatic rings. The summed E-state index contributed by atoms with van der Waals surface area (Å²) < 4.78 is 39.2. The van der Waals surface area contributed by atoms with Crippen molar-refractivity contribution in [3.8, 4) is 11.6 Å². The first-order valence-electron chi connectivity index (χ1n) is 6.96. The average molecular weight is 349 g/mol. The Morgan fingerprint density at radius 1 is 1.24 bits per heavy atom. The number of aliphatic imine (C=N–C) groups is 1. The van der Waals surface area contributed by atoms with Gasteiger partial charge in [-0.05, 0) is 36.4 Å². The molecule has 128 valence electrons. The molecule has 2 aromatic rings. The molecule has 0 atom stereocenters. The third-order valence-electron chi connectivity index (χ3n) is 3.42. The predicted octanol–water partition coefficient (Wildman–Crippen LogP) is 2.23. The van der Waals surface area contributed by atoms with E-state index in [1.165, 1.54) is 18.4 Å². The van der Waals surface area contributed by atoms with Gasteiger partial charge in [-0.25, -0.2) is 9.36 Å². The summed E-state index contributed by atoms with van der Waals surface area (Å²) in [4.78, 5) is 29.8. The van der Waals surface area contributed by atoms with Crippen molar-refractivity contribution in [3.63, 3.8) is 0 Å². The van der Waals surface area contributed by atoms with Gasteiger partial charge in [0.2, 0.25) is 5.88 Å². The molecule has 0 spiro atoms. The molecule has 1 aromatic heterocycles. The summed E-state index contributed by atoms with van der Waals surface area (Å²) in [7, 11) is 0. The van der Waals surface area contributed by atoms with Crippen molar-refractivity contribution >= 4 is 12.3 Å². The second-order valence-corrected chi connectivity index (χ2v) is 5.09. The third-order valence-corrected chi connectivity index (χ3v) is 3.42. The van der Waals surface area contributed by atoms with Gasteiger partial charge < -0.3 is 5.11 Å². The first-order valence-corrected chi connectivity index (χ1v) is 6.96. The molecule has 6 nitrogen and oxygen atoms in total. The number of aromatic hydroxyl groups is 1. The second-order valence-electron chi connectivity index (χ2n) is 5.09. The lowest BCUT2D eigenvalue weighted by Crippen LogP contribution is -2.30. The number of aromatic nitrogens is 2. The van der Waals surface area contributed by atoms with Crippen molar-refractivity contribution in [1.29, 1.82) is 0 Å². The van der Waals surface area contributed by atoms with Crippen molar-refractivity contribution in [2.45, 2.75) is 6.18 Å². The summed E-state index contributed by atoms with van der Waals surface area (Å²) in [6, 6.07) is 3.83. The number of aromatic amines is 1. The smallest absolute Gasteiger partial charge is 0.416 e. The fourth-order valence-corrected chi connectivity index (χ4v) is 2.28. The van der Waals surface area contributed by atoms with Crippen LogP contribution in [-0.4, -0.2) is 20.9 Å². The minimum atomic E-state index is -4.62. The molecule has 0 saturated carbocycles. The van der Waals surface area contributed by atoms with E-state index in [4.69, 9.17) is 0 Å². The van der Waals surface area contributed by atoms with E-state index in [1.807, 2.05) is 4.98 Å². The normalized spacial score (nSPS) is 15.2. The Bertz CT molecular complexity index is 1030. The quantitative estimate of drug-likeness (QED) is 0.872. The maximum atomic E-state index is 12.9. The van der Waals surface area contributed by atoms with Gasteiger partial charge in [0.25, 0.3) is 5.56 Å². The zero-order valence-corrected chi connectivity index (χ0v) is 12.4. The Morgan fingerprint density at radius 2 is 2.00 bits per heavy atom. The van der Waals surface area contributed by atoms with Crippen molar-refractivity contribution in [2.24, 2.45) is 4.99 Å². The molecule has 3 rings (SSSR count). The fraction of sp³-hybridized carbons (Fsp3) is 0.0625. The van der Waals surface area contributed by atoms with Crippen LogP contribution in [0, 0.1) is 0 Å². The van der Waals surface area contributed by atoms with Crippen LogP contribution in [0.4, 0.5) is 13.2 Å². The van der Waals surface area contributed by atoms with Gasteiger partial charge in [0, 0.05) is 6.21 Å². The zero-order valence-electron chi connectivity index (χ0n) is 12.4. The van der Waals surface area contributed by atoms with E-state index >= 15 is 0 Å². The summed E-state index contributed by atoms with van der Waals surface area (Å²) in [5, 5.41) is 10.3. The van der Waals surface area contributed by atoms with E-state index in [-0.39, 0.29) is 11.3 Å². The molecule has 0 unspecified atom stereocenters. The molecule has 0 saturated heterocycles. The molecule has 25 heavy (non-hydrogen) atoms. The summed E-state index contributed by atoms with van der Waals surface area (Å²) >= 11 is 0. The van der Waals surface area contributed by atoms with Crippen molar-refractivity contribution < 1.29 is 18.3 Å². The number of halogens is 3. The molecular weight excluding hydrogens is 339 g/mol. The molecule has 9 heteroatoms. The van der Waals surface area contributed by atoms with Gasteiger partial charge in [0.05, 0.1) is 16.9 Å². The van der Waals surface area contributed by atoms with E-state index < -0.39 is 28.9 Å². The minimum absolute atomic E-state index is 0.237. The monoisotopic (exact) mass is 349 g/mol. The SMILES string of the molecule is O=c1[nH]c(=O)n(-c2cccc(C(F)(F)F)c2)c(O)c1/C=C1\C=CC=N1. The summed E-state index contributed by atoms with van der Waals surface area (Å²) in [5.74, 6) is -0.781. The fourth-order valence-electron chi connectivity index (χ4n) is 2.28. The largest absolute Gasteiger partial charge is 0.494 e. The van der Waals surface area contributed by atoms with Gasteiger partial charge in [-0.1, -0.05) is 6.07 Å². The molecule has 1 aromatic carbocycles. The van der Waals surface area contributed by atoms with E-state index in [0.717, 1.165) is 12.1 Å². The Balaban J connectivity index is 2.23. The van der Waals surface area contributed by atoms with Gasteiger partial charge in [-0.3, -0.25) is 14.8 Å². The Hall–Kier alpha value is -3.36. The van der Waals surface area contributed by atoms with E-state index in [9.17, 15) is 27.9 Å². The first-order chi connectivity index (χ1) is 11.8. The molecule has 1 aliphatic heterocycles. The second kappa shape index (κ2) is 5.93. The number of hydrogen-bond acceptors (Lipinski definition) is 4. The summed E-state index contributed by atoms with van der Waals surface area (Å²) in [6.45, 7) is 0. The van der Waals surface area contributed by atoms with Crippen LogP contribution >= 0.6 is 0 Å². The standard InChI is InChI=1S/C16H10F3N3O3/c17-16(18,19)9-3-1-5-11(7-9)22-14(24)12(13(23)21-15(22)25)8-10-4-2-6-20-10/h1-8,24H,(H,21,23,25)/b10-8+. The van der Waals surface area contributed by atoms with Crippen molar-refractivity contribution in [3.05, 3.63) is 74.1 Å². The minimum Gasteiger partial charge on any atom is -0.494 e. The maximum Gasteiger partial charge on any atom is 0.416 e. The highest BCUT2D eigenvalue weighted by Gasteiger charge is 2.31.